The summed E-state index contributed by atoms with van der Waals surface area (Å²) in [5.41, 5.74) is 4.48. The smallest absolute Gasteiger partial charge is 0.257 e. The summed E-state index contributed by atoms with van der Waals surface area (Å²) < 4.78 is 27.4. The van der Waals surface area contributed by atoms with Crippen molar-refractivity contribution in [3.63, 3.8) is 0 Å². The van der Waals surface area contributed by atoms with Crippen molar-refractivity contribution in [2.45, 2.75) is 19.4 Å². The zero-order valence-corrected chi connectivity index (χ0v) is 11.6. The Balaban J connectivity index is 2.26. The van der Waals surface area contributed by atoms with Crippen molar-refractivity contribution < 1.29 is 13.6 Å². The molecule has 3 N–H and O–H groups in total. The first-order chi connectivity index (χ1) is 9.54. The largest absolute Gasteiger partial charge is 0.396 e. The number of hydrogen-bond donors (Lipinski definition) is 2. The summed E-state index contributed by atoms with van der Waals surface area (Å²) in [5.74, 6) is -2.74. The molecule has 2 rings (SSSR count). The fourth-order valence-corrected chi connectivity index (χ4v) is 2.73. The average molecular weight is 296 g/mol. The van der Waals surface area contributed by atoms with Crippen LogP contribution in [0.2, 0.25) is 0 Å². The third-order valence-corrected chi connectivity index (χ3v) is 3.93. The highest BCUT2D eigenvalue weighted by Crippen LogP contribution is 2.24. The van der Waals surface area contributed by atoms with Crippen LogP contribution in [0.5, 0.6) is 0 Å². The van der Waals surface area contributed by atoms with Gasteiger partial charge in [0.2, 0.25) is 0 Å². The summed E-state index contributed by atoms with van der Waals surface area (Å²) in [6, 6.07) is 5.53. The summed E-state index contributed by atoms with van der Waals surface area (Å²) in [6.07, 6.45) is 0.623. The van der Waals surface area contributed by atoms with Crippen LogP contribution in [0.3, 0.4) is 0 Å². The van der Waals surface area contributed by atoms with Gasteiger partial charge in [-0.25, -0.2) is 8.78 Å². The Bertz CT molecular complexity index is 614. The van der Waals surface area contributed by atoms with E-state index in [9.17, 15) is 13.6 Å². The van der Waals surface area contributed by atoms with Crippen LogP contribution in [0.25, 0.3) is 0 Å². The number of anilines is 1. The Morgan fingerprint density at radius 3 is 2.75 bits per heavy atom. The normalized spacial score (nSPS) is 12.2. The van der Waals surface area contributed by atoms with E-state index in [2.05, 4.69) is 5.32 Å². The summed E-state index contributed by atoms with van der Waals surface area (Å²) in [7, 11) is 0. The van der Waals surface area contributed by atoms with Gasteiger partial charge >= 0.3 is 0 Å². The standard InChI is InChI=1S/C14H14F2N2OS/c1-2-10(11-4-3-7-20-11)18-14(19)12-8(15)5-6-9(17)13(12)16/h3-7,10H,2,17H2,1H3,(H,18,19). The molecule has 2 aromatic rings. The zero-order valence-electron chi connectivity index (χ0n) is 10.8. The number of rotatable bonds is 4. The molecule has 20 heavy (non-hydrogen) atoms. The molecular weight excluding hydrogens is 282 g/mol. The van der Waals surface area contributed by atoms with Crippen LogP contribution in [0, 0.1) is 11.6 Å². The van der Waals surface area contributed by atoms with E-state index in [-0.39, 0.29) is 11.7 Å². The van der Waals surface area contributed by atoms with Crippen LogP contribution < -0.4 is 11.1 Å². The molecule has 6 heteroatoms. The number of amides is 1. The topological polar surface area (TPSA) is 55.1 Å². The molecule has 1 aromatic carbocycles. The first kappa shape index (κ1) is 14.5. The molecule has 1 amide bonds. The highest BCUT2D eigenvalue weighted by Gasteiger charge is 2.22. The molecular formula is C14H14F2N2OS. The van der Waals surface area contributed by atoms with Crippen LogP contribution in [0.4, 0.5) is 14.5 Å². The molecule has 0 aliphatic rings. The molecule has 0 saturated carbocycles. The van der Waals surface area contributed by atoms with Gasteiger partial charge in [0, 0.05) is 4.88 Å². The monoisotopic (exact) mass is 296 g/mol. The van der Waals surface area contributed by atoms with Crippen LogP contribution >= 0.6 is 11.3 Å². The summed E-state index contributed by atoms with van der Waals surface area (Å²) in [6.45, 7) is 1.89. The molecule has 1 unspecified atom stereocenters. The Morgan fingerprint density at radius 2 is 2.15 bits per heavy atom. The predicted molar refractivity (Wildman–Crippen MR) is 75.6 cm³/mol. The van der Waals surface area contributed by atoms with E-state index >= 15 is 0 Å². The number of halogens is 2. The second-order valence-electron chi connectivity index (χ2n) is 4.28. The third kappa shape index (κ3) is 2.80. The van der Waals surface area contributed by atoms with Gasteiger partial charge in [0.25, 0.3) is 5.91 Å². The molecule has 0 aliphatic carbocycles. The van der Waals surface area contributed by atoms with Gasteiger partial charge < -0.3 is 11.1 Å². The van der Waals surface area contributed by atoms with Crippen LogP contribution in [-0.2, 0) is 0 Å². The van der Waals surface area contributed by atoms with Crippen LogP contribution in [-0.4, -0.2) is 5.91 Å². The second kappa shape index (κ2) is 6.00. The molecule has 0 bridgehead atoms. The lowest BCUT2D eigenvalue weighted by molar-refractivity contribution is 0.0928. The second-order valence-corrected chi connectivity index (χ2v) is 5.25. The lowest BCUT2D eigenvalue weighted by atomic mass is 10.1. The summed E-state index contributed by atoms with van der Waals surface area (Å²) in [4.78, 5) is 13.0. The quantitative estimate of drug-likeness (QED) is 0.849. The molecule has 0 radical (unpaired) electrons. The predicted octanol–water partition coefficient (Wildman–Crippen LogP) is 3.49. The van der Waals surface area contributed by atoms with E-state index in [0.29, 0.717) is 6.42 Å². The summed E-state index contributed by atoms with van der Waals surface area (Å²) in [5, 5.41) is 4.51. The molecule has 0 saturated heterocycles. The van der Waals surface area contributed by atoms with E-state index < -0.39 is 23.1 Å². The van der Waals surface area contributed by atoms with Crippen molar-refractivity contribution in [1.82, 2.24) is 5.32 Å². The lowest BCUT2D eigenvalue weighted by Gasteiger charge is -2.16. The number of nitrogen functional groups attached to an aromatic ring is 1. The number of nitrogens with one attached hydrogen (secondary N) is 1. The van der Waals surface area contributed by atoms with Crippen LogP contribution in [0.1, 0.15) is 34.6 Å². The number of carbonyl (C=O) groups excluding carboxylic acids is 1. The van der Waals surface area contributed by atoms with E-state index in [0.717, 1.165) is 17.0 Å². The highest BCUT2D eigenvalue weighted by atomic mass is 32.1. The number of hydrogen-bond acceptors (Lipinski definition) is 3. The Morgan fingerprint density at radius 1 is 1.40 bits per heavy atom. The summed E-state index contributed by atoms with van der Waals surface area (Å²) >= 11 is 1.48. The fourth-order valence-electron chi connectivity index (χ4n) is 1.87. The number of thiophene rings is 1. The molecule has 3 nitrogen and oxygen atoms in total. The minimum absolute atomic E-state index is 0.249. The molecule has 0 aliphatic heterocycles. The van der Waals surface area contributed by atoms with E-state index in [1.54, 1.807) is 0 Å². The lowest BCUT2D eigenvalue weighted by Crippen LogP contribution is -2.29. The van der Waals surface area contributed by atoms with Crippen molar-refractivity contribution in [3.05, 3.63) is 51.7 Å². The first-order valence-electron chi connectivity index (χ1n) is 6.12. The first-order valence-corrected chi connectivity index (χ1v) is 7.00. The molecule has 1 heterocycles. The molecule has 0 spiro atoms. The Labute approximate surface area is 119 Å². The molecule has 106 valence electrons. The van der Waals surface area contributed by atoms with Crippen molar-refractivity contribution in [2.24, 2.45) is 0 Å². The van der Waals surface area contributed by atoms with Crippen molar-refractivity contribution in [3.8, 4) is 0 Å². The van der Waals surface area contributed by atoms with Crippen molar-refractivity contribution in [2.75, 3.05) is 5.73 Å². The van der Waals surface area contributed by atoms with Gasteiger partial charge in [0.15, 0.2) is 5.82 Å². The van der Waals surface area contributed by atoms with Gasteiger partial charge in [-0.05, 0) is 30.0 Å². The highest BCUT2D eigenvalue weighted by molar-refractivity contribution is 7.10. The van der Waals surface area contributed by atoms with Gasteiger partial charge in [0.1, 0.15) is 11.4 Å². The van der Waals surface area contributed by atoms with Crippen molar-refractivity contribution in [1.29, 1.82) is 0 Å². The maximum atomic E-state index is 13.8. The number of benzene rings is 1. The average Bonchev–Trinajstić information content (AvgIpc) is 2.94. The van der Waals surface area contributed by atoms with E-state index in [1.165, 1.54) is 11.3 Å². The van der Waals surface area contributed by atoms with Gasteiger partial charge in [0.05, 0.1) is 11.7 Å². The van der Waals surface area contributed by atoms with E-state index in [4.69, 9.17) is 5.73 Å². The van der Waals surface area contributed by atoms with Crippen LogP contribution in [0.15, 0.2) is 29.6 Å². The maximum absolute atomic E-state index is 13.8. The van der Waals surface area contributed by atoms with Gasteiger partial charge in [-0.2, -0.15) is 0 Å². The minimum Gasteiger partial charge on any atom is -0.396 e. The van der Waals surface area contributed by atoms with Gasteiger partial charge in [-0.1, -0.05) is 13.0 Å². The minimum atomic E-state index is -1.02. The third-order valence-electron chi connectivity index (χ3n) is 2.95. The maximum Gasteiger partial charge on any atom is 0.257 e. The van der Waals surface area contributed by atoms with Gasteiger partial charge in [-0.3, -0.25) is 4.79 Å². The number of nitrogens with two attached hydrogens (primary N) is 1. The molecule has 1 atom stereocenters. The Kier molecular flexibility index (Phi) is 4.34. The Hall–Kier alpha value is -1.95. The van der Waals surface area contributed by atoms with Crippen molar-refractivity contribution >= 4 is 22.9 Å². The zero-order chi connectivity index (χ0) is 14.7. The molecule has 0 fully saturated rings. The van der Waals surface area contributed by atoms with Gasteiger partial charge in [-0.15, -0.1) is 11.3 Å². The molecule has 1 aromatic heterocycles. The fraction of sp³-hybridized carbons (Fsp3) is 0.214. The number of carbonyl (C=O) groups is 1. The van der Waals surface area contributed by atoms with E-state index in [1.807, 2.05) is 24.4 Å². The SMILES string of the molecule is CCC(NC(=O)c1c(F)ccc(N)c1F)c1cccs1.